The largest absolute Gasteiger partial charge is 0.369 e. The molecule has 0 aliphatic carbocycles. The average Bonchev–Trinajstić information content (AvgIpc) is 2.46. The first-order valence-electron chi connectivity index (χ1n) is 8.01. The van der Waals surface area contributed by atoms with E-state index >= 15 is 0 Å². The maximum atomic E-state index is 14.4. The Morgan fingerprint density at radius 2 is 2.05 bits per heavy atom. The summed E-state index contributed by atoms with van der Waals surface area (Å²) < 4.78 is 14.4. The molecule has 1 aromatic rings. The summed E-state index contributed by atoms with van der Waals surface area (Å²) >= 11 is 0. The van der Waals surface area contributed by atoms with Crippen LogP contribution in [0.4, 0.5) is 10.1 Å². The summed E-state index contributed by atoms with van der Waals surface area (Å²) in [6.45, 7) is 7.47. The van der Waals surface area contributed by atoms with Crippen molar-refractivity contribution in [3.05, 3.63) is 29.6 Å². The lowest BCUT2D eigenvalue weighted by Gasteiger charge is -2.38. The van der Waals surface area contributed by atoms with Gasteiger partial charge in [0, 0.05) is 32.2 Å². The Bertz CT molecular complexity index is 453. The first kappa shape index (κ1) is 16.2. The van der Waals surface area contributed by atoms with Gasteiger partial charge in [0.15, 0.2) is 0 Å². The van der Waals surface area contributed by atoms with Crippen molar-refractivity contribution in [2.45, 2.75) is 45.2 Å². The average molecular weight is 293 g/mol. The van der Waals surface area contributed by atoms with Crippen LogP contribution in [0, 0.1) is 5.82 Å². The van der Waals surface area contributed by atoms with Crippen molar-refractivity contribution < 1.29 is 4.39 Å². The van der Waals surface area contributed by atoms with Crippen molar-refractivity contribution in [1.29, 1.82) is 0 Å². The van der Waals surface area contributed by atoms with Gasteiger partial charge in [-0.2, -0.15) is 0 Å². The molecule has 118 valence electrons. The Morgan fingerprint density at radius 3 is 2.62 bits per heavy atom. The molecule has 1 aromatic carbocycles. The number of benzene rings is 1. The lowest BCUT2D eigenvalue weighted by Crippen LogP contribution is -2.44. The molecule has 0 aromatic heterocycles. The fraction of sp³-hybridized carbons (Fsp3) is 0.647. The van der Waals surface area contributed by atoms with Crippen molar-refractivity contribution in [2.75, 3.05) is 31.6 Å². The Labute approximate surface area is 127 Å². The molecule has 4 heteroatoms. The van der Waals surface area contributed by atoms with E-state index in [0.717, 1.165) is 43.7 Å². The lowest BCUT2D eigenvalue weighted by atomic mass is 9.99. The molecule has 1 saturated heterocycles. The van der Waals surface area contributed by atoms with Crippen LogP contribution in [0.3, 0.4) is 0 Å². The number of rotatable bonds is 5. The van der Waals surface area contributed by atoms with E-state index in [0.29, 0.717) is 12.5 Å². The van der Waals surface area contributed by atoms with E-state index in [-0.39, 0.29) is 11.9 Å². The van der Waals surface area contributed by atoms with Gasteiger partial charge < -0.3 is 15.5 Å². The van der Waals surface area contributed by atoms with Crippen molar-refractivity contribution >= 4 is 5.69 Å². The molecule has 0 spiro atoms. The quantitative estimate of drug-likeness (QED) is 0.906. The molecule has 1 atom stereocenters. The summed E-state index contributed by atoms with van der Waals surface area (Å²) in [6.07, 6.45) is 2.90. The second-order valence-corrected chi connectivity index (χ2v) is 6.21. The minimum Gasteiger partial charge on any atom is -0.369 e. The highest BCUT2D eigenvalue weighted by molar-refractivity contribution is 5.55. The third-order valence-electron chi connectivity index (χ3n) is 4.52. The maximum Gasteiger partial charge on any atom is 0.146 e. The predicted molar refractivity (Wildman–Crippen MR) is 87.3 cm³/mol. The van der Waals surface area contributed by atoms with Crippen LogP contribution in [-0.2, 0) is 6.42 Å². The highest BCUT2D eigenvalue weighted by atomic mass is 19.1. The minimum absolute atomic E-state index is 0.0425. The van der Waals surface area contributed by atoms with Gasteiger partial charge >= 0.3 is 0 Å². The predicted octanol–water partition coefficient (Wildman–Crippen LogP) is 2.64. The Hall–Kier alpha value is -1.13. The van der Waals surface area contributed by atoms with E-state index in [1.165, 1.54) is 0 Å². The van der Waals surface area contributed by atoms with Gasteiger partial charge in [0.25, 0.3) is 0 Å². The SMILES string of the molecule is CCN1CCC(N(C)c2c(F)cccc2CC(C)N)CC1. The lowest BCUT2D eigenvalue weighted by molar-refractivity contribution is 0.220. The topological polar surface area (TPSA) is 32.5 Å². The molecule has 1 fully saturated rings. The second-order valence-electron chi connectivity index (χ2n) is 6.21. The van der Waals surface area contributed by atoms with E-state index in [1.807, 2.05) is 20.0 Å². The molecule has 1 unspecified atom stereocenters. The molecule has 1 aliphatic rings. The number of nitrogens with two attached hydrogens (primary N) is 1. The third-order valence-corrected chi connectivity index (χ3v) is 4.52. The van der Waals surface area contributed by atoms with Crippen LogP contribution in [0.1, 0.15) is 32.3 Å². The zero-order valence-electron chi connectivity index (χ0n) is 13.5. The van der Waals surface area contributed by atoms with Gasteiger partial charge in [0.1, 0.15) is 5.82 Å². The summed E-state index contributed by atoms with van der Waals surface area (Å²) in [4.78, 5) is 4.59. The van der Waals surface area contributed by atoms with Gasteiger partial charge in [-0.25, -0.2) is 4.39 Å². The Balaban J connectivity index is 2.16. The molecule has 2 N–H and O–H groups in total. The summed E-state index contributed by atoms with van der Waals surface area (Å²) in [5.41, 5.74) is 7.67. The van der Waals surface area contributed by atoms with Crippen LogP contribution >= 0.6 is 0 Å². The minimum atomic E-state index is -0.131. The number of para-hydroxylation sites is 1. The number of piperidine rings is 1. The van der Waals surface area contributed by atoms with Crippen LogP contribution in [-0.4, -0.2) is 43.7 Å². The molecule has 3 nitrogen and oxygen atoms in total. The molecule has 1 heterocycles. The number of hydrogen-bond acceptors (Lipinski definition) is 3. The highest BCUT2D eigenvalue weighted by Crippen LogP contribution is 2.29. The van der Waals surface area contributed by atoms with Gasteiger partial charge in [-0.15, -0.1) is 0 Å². The smallest absolute Gasteiger partial charge is 0.146 e. The van der Waals surface area contributed by atoms with Crippen LogP contribution in [0.15, 0.2) is 18.2 Å². The van der Waals surface area contributed by atoms with Crippen molar-refractivity contribution in [3.63, 3.8) is 0 Å². The summed E-state index contributed by atoms with van der Waals surface area (Å²) in [5, 5.41) is 0. The molecule has 1 aliphatic heterocycles. The van der Waals surface area contributed by atoms with E-state index in [4.69, 9.17) is 5.73 Å². The van der Waals surface area contributed by atoms with E-state index < -0.39 is 0 Å². The molecular weight excluding hydrogens is 265 g/mol. The normalized spacial score (nSPS) is 18.7. The van der Waals surface area contributed by atoms with Crippen LogP contribution in [0.5, 0.6) is 0 Å². The number of anilines is 1. The zero-order chi connectivity index (χ0) is 15.4. The first-order valence-corrected chi connectivity index (χ1v) is 8.01. The van der Waals surface area contributed by atoms with E-state index in [9.17, 15) is 4.39 Å². The van der Waals surface area contributed by atoms with Gasteiger partial charge in [-0.05, 0) is 44.4 Å². The Kier molecular flexibility index (Phi) is 5.59. The third kappa shape index (κ3) is 3.95. The molecule has 0 amide bonds. The molecular formula is C17H28FN3. The first-order chi connectivity index (χ1) is 10.0. The standard InChI is InChI=1S/C17H28FN3/c1-4-21-10-8-15(9-11-21)20(3)17-14(12-13(2)19)6-5-7-16(17)18/h5-7,13,15H,4,8-12,19H2,1-3H3. The molecule has 2 rings (SSSR count). The monoisotopic (exact) mass is 293 g/mol. The van der Waals surface area contributed by atoms with Gasteiger partial charge in [-0.3, -0.25) is 0 Å². The summed E-state index contributed by atoms with van der Waals surface area (Å²) in [5.74, 6) is -0.131. The van der Waals surface area contributed by atoms with Crippen LogP contribution in [0.25, 0.3) is 0 Å². The number of hydrogen-bond donors (Lipinski definition) is 1. The maximum absolute atomic E-state index is 14.4. The van der Waals surface area contributed by atoms with Crippen molar-refractivity contribution in [1.82, 2.24) is 4.90 Å². The summed E-state index contributed by atoms with van der Waals surface area (Å²) in [6, 6.07) is 5.79. The highest BCUT2D eigenvalue weighted by Gasteiger charge is 2.25. The van der Waals surface area contributed by atoms with E-state index in [1.54, 1.807) is 12.1 Å². The molecule has 0 saturated carbocycles. The van der Waals surface area contributed by atoms with Crippen molar-refractivity contribution in [3.8, 4) is 0 Å². The number of nitrogens with zero attached hydrogens (tertiary/aromatic N) is 2. The number of likely N-dealkylation sites (tertiary alicyclic amines) is 1. The van der Waals surface area contributed by atoms with E-state index in [2.05, 4.69) is 16.7 Å². The molecule has 0 radical (unpaired) electrons. The molecule has 21 heavy (non-hydrogen) atoms. The fourth-order valence-electron chi connectivity index (χ4n) is 3.27. The number of halogens is 1. The summed E-state index contributed by atoms with van der Waals surface area (Å²) in [7, 11) is 2.02. The van der Waals surface area contributed by atoms with Gasteiger partial charge in [-0.1, -0.05) is 19.1 Å². The Morgan fingerprint density at radius 1 is 1.38 bits per heavy atom. The van der Waals surface area contributed by atoms with Gasteiger partial charge in [0.2, 0.25) is 0 Å². The van der Waals surface area contributed by atoms with Crippen molar-refractivity contribution in [2.24, 2.45) is 5.73 Å². The molecule has 0 bridgehead atoms. The van der Waals surface area contributed by atoms with Crippen LogP contribution in [0.2, 0.25) is 0 Å². The zero-order valence-corrected chi connectivity index (χ0v) is 13.5. The van der Waals surface area contributed by atoms with Gasteiger partial charge in [0.05, 0.1) is 5.69 Å². The fourth-order valence-corrected chi connectivity index (χ4v) is 3.27. The second kappa shape index (κ2) is 7.23. The van der Waals surface area contributed by atoms with Crippen LogP contribution < -0.4 is 10.6 Å².